The summed E-state index contributed by atoms with van der Waals surface area (Å²) in [5.74, 6) is 3.43. The van der Waals surface area contributed by atoms with Crippen LogP contribution in [-0.4, -0.2) is 19.6 Å². The Bertz CT molecular complexity index is 421. The zero-order valence-electron chi connectivity index (χ0n) is 15.8. The fourth-order valence-electron chi connectivity index (χ4n) is 4.69. The molecule has 0 aromatic rings. The summed E-state index contributed by atoms with van der Waals surface area (Å²) in [6.45, 7) is 12.7. The molecule has 5 heteroatoms. The fraction of sp³-hybridized carbons (Fsp3) is 1.00. The Kier molecular flexibility index (Phi) is 11.1. The molecular formula is C20H44O4S. The van der Waals surface area contributed by atoms with Gasteiger partial charge < -0.3 is 0 Å². The van der Waals surface area contributed by atoms with Crippen LogP contribution >= 0.6 is 0 Å². The number of hydrogen-bond acceptors (Lipinski definition) is 3. The fourth-order valence-corrected chi connectivity index (χ4v) is 4.99. The molecule has 0 saturated heterocycles. The molecule has 4 rings (SSSR count). The summed E-state index contributed by atoms with van der Waals surface area (Å²) < 4.78 is 30.7. The average molecular weight is 381 g/mol. The van der Waals surface area contributed by atoms with Crippen molar-refractivity contribution >= 4 is 10.4 Å². The molecule has 4 bridgehead atoms. The maximum absolute atomic E-state index is 9.56. The Morgan fingerprint density at radius 3 is 1.36 bits per heavy atom. The van der Waals surface area contributed by atoms with Crippen molar-refractivity contribution in [2.24, 2.45) is 28.6 Å². The third kappa shape index (κ3) is 12.0. The molecule has 0 unspecified atom stereocenters. The molecule has 0 aromatic carbocycles. The maximum atomic E-state index is 9.56. The lowest BCUT2D eigenvalue weighted by atomic mass is 9.50. The summed E-state index contributed by atoms with van der Waals surface area (Å²) in [5.41, 5.74) is 1.30. The molecule has 4 nitrogen and oxygen atoms in total. The molecule has 4 saturated carbocycles. The SMILES string of the molecule is C.C.CC(C)(C)C.CC12CC3CC(CC(C3)C1)C2.CCOS(=O)(=O)O. The highest BCUT2D eigenvalue weighted by Gasteiger charge is 2.48. The molecule has 0 amide bonds. The van der Waals surface area contributed by atoms with E-state index in [0.717, 1.165) is 23.2 Å². The first-order chi connectivity index (χ1) is 10.3. The zero-order chi connectivity index (χ0) is 17.9. The first-order valence-corrected chi connectivity index (χ1v) is 10.3. The lowest BCUT2D eigenvalue weighted by Crippen LogP contribution is -2.44. The van der Waals surface area contributed by atoms with Crippen molar-refractivity contribution in [3.8, 4) is 0 Å². The van der Waals surface area contributed by atoms with E-state index in [1.54, 1.807) is 38.5 Å². The van der Waals surface area contributed by atoms with Gasteiger partial charge in [-0.25, -0.2) is 4.18 Å². The van der Waals surface area contributed by atoms with Gasteiger partial charge in [-0.2, -0.15) is 8.42 Å². The van der Waals surface area contributed by atoms with Gasteiger partial charge in [-0.15, -0.1) is 0 Å². The largest absolute Gasteiger partial charge is 0.397 e. The minimum Gasteiger partial charge on any atom is -0.264 e. The zero-order valence-corrected chi connectivity index (χ0v) is 16.6. The first-order valence-electron chi connectivity index (χ1n) is 8.91. The van der Waals surface area contributed by atoms with Crippen LogP contribution < -0.4 is 0 Å². The van der Waals surface area contributed by atoms with E-state index in [1.165, 1.54) is 6.92 Å². The van der Waals surface area contributed by atoms with Gasteiger partial charge in [-0.1, -0.05) is 49.5 Å². The standard InChI is InChI=1S/C11H18.C5H12.C2H6O4S.2CH4/c1-11-5-8-2-9(6-11)4-10(3-8)7-11;1-5(2,3)4;1-2-6-7(3,4)5;;/h8-10H,2-7H2,1H3;1-4H3;2H2,1H3,(H,3,4,5);2*1H4. The first kappa shape index (κ1) is 27.1. The van der Waals surface area contributed by atoms with Crippen molar-refractivity contribution in [3.05, 3.63) is 0 Å². The van der Waals surface area contributed by atoms with Crippen LogP contribution in [0.2, 0.25) is 0 Å². The smallest absolute Gasteiger partial charge is 0.264 e. The summed E-state index contributed by atoms with van der Waals surface area (Å²) in [6, 6.07) is 0. The average Bonchev–Trinajstić information content (AvgIpc) is 2.21. The molecule has 0 aliphatic heterocycles. The third-order valence-corrected chi connectivity index (χ3v) is 5.14. The Labute approximate surface area is 158 Å². The second kappa shape index (κ2) is 10.3. The second-order valence-corrected chi connectivity index (χ2v) is 10.7. The summed E-state index contributed by atoms with van der Waals surface area (Å²) in [6.07, 6.45) is 9.48. The lowest BCUT2D eigenvalue weighted by molar-refractivity contribution is -0.0411. The Balaban J connectivity index is 0. The Morgan fingerprint density at radius 2 is 1.24 bits per heavy atom. The molecule has 4 fully saturated rings. The minimum atomic E-state index is -4.17. The van der Waals surface area contributed by atoms with Gasteiger partial charge in [0.25, 0.3) is 0 Å². The molecule has 0 atom stereocenters. The summed E-state index contributed by atoms with van der Waals surface area (Å²) in [5, 5.41) is 0. The van der Waals surface area contributed by atoms with Crippen LogP contribution in [0.3, 0.4) is 0 Å². The molecule has 1 N–H and O–H groups in total. The van der Waals surface area contributed by atoms with Crippen molar-refractivity contribution in [3.63, 3.8) is 0 Å². The van der Waals surface area contributed by atoms with E-state index in [2.05, 4.69) is 38.8 Å². The molecule has 154 valence electrons. The van der Waals surface area contributed by atoms with Gasteiger partial charge in [0, 0.05) is 0 Å². The highest BCUT2D eigenvalue weighted by Crippen LogP contribution is 2.59. The van der Waals surface area contributed by atoms with Crippen molar-refractivity contribution in [2.75, 3.05) is 6.61 Å². The van der Waals surface area contributed by atoms with Crippen LogP contribution in [0.15, 0.2) is 0 Å². The van der Waals surface area contributed by atoms with Crippen LogP contribution in [0.25, 0.3) is 0 Å². The predicted molar refractivity (Wildman–Crippen MR) is 108 cm³/mol. The van der Waals surface area contributed by atoms with E-state index >= 15 is 0 Å². The van der Waals surface area contributed by atoms with Gasteiger partial charge in [0.2, 0.25) is 0 Å². The molecule has 0 radical (unpaired) electrons. The van der Waals surface area contributed by atoms with E-state index < -0.39 is 10.4 Å². The monoisotopic (exact) mass is 380 g/mol. The van der Waals surface area contributed by atoms with Gasteiger partial charge in [-0.05, 0) is 74.0 Å². The molecule has 25 heavy (non-hydrogen) atoms. The molecule has 0 spiro atoms. The molecular weight excluding hydrogens is 336 g/mol. The van der Waals surface area contributed by atoms with Crippen LogP contribution in [0.5, 0.6) is 0 Å². The summed E-state index contributed by atoms with van der Waals surface area (Å²) in [7, 11) is -4.17. The van der Waals surface area contributed by atoms with E-state index in [-0.39, 0.29) is 21.5 Å². The van der Waals surface area contributed by atoms with E-state index in [0.29, 0.717) is 5.41 Å². The molecule has 0 aromatic heterocycles. The molecule has 4 aliphatic rings. The predicted octanol–water partition coefficient (Wildman–Crippen LogP) is 6.37. The van der Waals surface area contributed by atoms with E-state index in [9.17, 15) is 8.42 Å². The van der Waals surface area contributed by atoms with Crippen molar-refractivity contribution in [2.45, 2.75) is 94.9 Å². The van der Waals surface area contributed by atoms with Crippen molar-refractivity contribution in [1.82, 2.24) is 0 Å². The highest BCUT2D eigenvalue weighted by atomic mass is 32.3. The van der Waals surface area contributed by atoms with Crippen molar-refractivity contribution < 1.29 is 17.2 Å². The van der Waals surface area contributed by atoms with Crippen LogP contribution in [0.4, 0.5) is 0 Å². The molecule has 0 heterocycles. The maximum Gasteiger partial charge on any atom is 0.397 e. The van der Waals surface area contributed by atoms with Gasteiger partial charge in [0.15, 0.2) is 0 Å². The second-order valence-electron chi connectivity index (χ2n) is 9.56. The van der Waals surface area contributed by atoms with Gasteiger partial charge >= 0.3 is 10.4 Å². The van der Waals surface area contributed by atoms with Crippen LogP contribution in [-0.2, 0) is 14.6 Å². The van der Waals surface area contributed by atoms with E-state index in [1.807, 2.05) is 0 Å². The minimum absolute atomic E-state index is 0. The van der Waals surface area contributed by atoms with Gasteiger partial charge in [0.05, 0.1) is 6.61 Å². The normalized spacial score (nSPS) is 32.2. The lowest BCUT2D eigenvalue weighted by Gasteiger charge is -2.55. The quantitative estimate of drug-likeness (QED) is 0.565. The van der Waals surface area contributed by atoms with Crippen LogP contribution in [0, 0.1) is 28.6 Å². The van der Waals surface area contributed by atoms with E-state index in [4.69, 9.17) is 4.55 Å². The Morgan fingerprint density at radius 1 is 0.960 bits per heavy atom. The van der Waals surface area contributed by atoms with Crippen LogP contribution in [0.1, 0.15) is 94.9 Å². The summed E-state index contributed by atoms with van der Waals surface area (Å²) >= 11 is 0. The van der Waals surface area contributed by atoms with Gasteiger partial charge in [-0.3, -0.25) is 4.55 Å². The number of hydrogen-bond donors (Lipinski definition) is 1. The third-order valence-electron chi connectivity index (χ3n) is 4.61. The summed E-state index contributed by atoms with van der Waals surface area (Å²) in [4.78, 5) is 0. The van der Waals surface area contributed by atoms with Crippen molar-refractivity contribution in [1.29, 1.82) is 0 Å². The topological polar surface area (TPSA) is 63.6 Å². The highest BCUT2D eigenvalue weighted by molar-refractivity contribution is 7.80. The Hall–Kier alpha value is -0.130. The number of rotatable bonds is 2. The van der Waals surface area contributed by atoms with Gasteiger partial charge in [0.1, 0.15) is 0 Å². The molecule has 4 aliphatic carbocycles.